The summed E-state index contributed by atoms with van der Waals surface area (Å²) in [6.07, 6.45) is 0.995. The molecule has 0 saturated carbocycles. The van der Waals surface area contributed by atoms with E-state index >= 15 is 0 Å². The van der Waals surface area contributed by atoms with Crippen molar-refractivity contribution in [2.45, 2.75) is 6.92 Å². The zero-order chi connectivity index (χ0) is 33.5. The Hall–Kier alpha value is 1.92. The Bertz CT molecular complexity index is 1810. The summed E-state index contributed by atoms with van der Waals surface area (Å²) in [5.41, 5.74) is 1.22. The Labute approximate surface area is 510 Å². The number of nitrogens with zero attached hydrogens (tertiary/aromatic N) is 3. The molecule has 0 atom stereocenters. The van der Waals surface area contributed by atoms with Crippen LogP contribution >= 0.6 is 0 Å². The van der Waals surface area contributed by atoms with Crippen LogP contribution in [-0.2, 0) is 19.2 Å². The minimum absolute atomic E-state index is 0. The van der Waals surface area contributed by atoms with Crippen LogP contribution in [0.4, 0.5) is 11.4 Å². The molecule has 0 aliphatic carbocycles. The summed E-state index contributed by atoms with van der Waals surface area (Å²) < 4.78 is 22.7. The molecule has 2 heterocycles. The van der Waals surface area contributed by atoms with Crippen LogP contribution in [0.5, 0.6) is 11.5 Å². The van der Waals surface area contributed by atoms with Gasteiger partial charge < -0.3 is 60.8 Å². The largest absolute Gasteiger partial charge is 1.00 e. The molecule has 0 fully saturated rings. The van der Waals surface area contributed by atoms with Gasteiger partial charge in [-0.15, -0.1) is 0 Å². The SMILES string of the molecule is Cc1ccc(N(CC(=O)O)CC(=O)O)c(OCCOc2cc3oc(-c4ncc(C(=O)O)o4)cc3cc2N(CC(=O)O)CC(=O)O)c1.[H-].[H-].[H-].[H-].[H-].[K+].[K+].[K+].[K+].[K+]. The van der Waals surface area contributed by atoms with Crippen molar-refractivity contribution in [1.29, 1.82) is 0 Å². The number of carboxylic acids is 5. The third-order valence-electron chi connectivity index (χ3n) is 6.22. The third kappa shape index (κ3) is 17.1. The van der Waals surface area contributed by atoms with Crippen LogP contribution in [0.25, 0.3) is 22.6 Å². The van der Waals surface area contributed by atoms with Crippen molar-refractivity contribution < 1.29 is 332 Å². The van der Waals surface area contributed by atoms with Crippen LogP contribution < -0.4 is 276 Å². The van der Waals surface area contributed by atoms with Crippen molar-refractivity contribution in [2.24, 2.45) is 0 Å². The molecular formula is C29H32K5N3O14. The first-order chi connectivity index (χ1) is 21.8. The molecule has 2 aromatic heterocycles. The number of benzene rings is 2. The van der Waals surface area contributed by atoms with E-state index in [0.29, 0.717) is 5.39 Å². The number of furan rings is 1. The van der Waals surface area contributed by atoms with Gasteiger partial charge in [-0.05, 0) is 36.8 Å². The Morgan fingerprint density at radius 2 is 1.18 bits per heavy atom. The van der Waals surface area contributed by atoms with Crippen LogP contribution in [0.3, 0.4) is 0 Å². The Kier molecular flexibility index (Phi) is 28.9. The Morgan fingerprint density at radius 1 is 0.686 bits per heavy atom. The van der Waals surface area contributed by atoms with Gasteiger partial charge in [0.1, 0.15) is 56.5 Å². The number of aryl methyl sites for hydroxylation is 1. The van der Waals surface area contributed by atoms with Crippen molar-refractivity contribution in [1.82, 2.24) is 4.98 Å². The predicted octanol–water partition coefficient (Wildman–Crippen LogP) is -11.9. The zero-order valence-electron chi connectivity index (χ0n) is 34.0. The Balaban J connectivity index is -0.000000480. The summed E-state index contributed by atoms with van der Waals surface area (Å²) >= 11 is 0. The van der Waals surface area contributed by atoms with Gasteiger partial charge in [0, 0.05) is 11.5 Å². The molecule has 0 spiro atoms. The van der Waals surface area contributed by atoms with Crippen molar-refractivity contribution in [2.75, 3.05) is 49.2 Å². The number of fused-ring (bicyclic) bond motifs is 1. The van der Waals surface area contributed by atoms with E-state index in [1.807, 2.05) is 0 Å². The second-order valence-electron chi connectivity index (χ2n) is 9.76. The summed E-state index contributed by atoms with van der Waals surface area (Å²) in [4.78, 5) is 63.2. The van der Waals surface area contributed by atoms with Gasteiger partial charge in [-0.25, -0.2) is 9.78 Å². The molecule has 4 rings (SSSR count). The number of carbonyl (C=O) groups is 5. The van der Waals surface area contributed by atoms with Crippen molar-refractivity contribution in [3.8, 4) is 23.1 Å². The molecular weight excluding hydrogens is 810 g/mol. The van der Waals surface area contributed by atoms with Crippen LogP contribution in [-0.4, -0.2) is 99.8 Å². The molecule has 0 amide bonds. The van der Waals surface area contributed by atoms with Crippen molar-refractivity contribution in [3.05, 3.63) is 53.9 Å². The van der Waals surface area contributed by atoms with Gasteiger partial charge >= 0.3 is 287 Å². The van der Waals surface area contributed by atoms with Crippen LogP contribution in [0.2, 0.25) is 0 Å². The number of rotatable bonds is 17. The number of aliphatic carboxylic acids is 4. The van der Waals surface area contributed by atoms with Gasteiger partial charge in [0.25, 0.3) is 5.89 Å². The van der Waals surface area contributed by atoms with Crippen LogP contribution in [0.1, 0.15) is 23.3 Å². The number of hydrogen-bond donors (Lipinski definition) is 5. The molecule has 17 nitrogen and oxygen atoms in total. The molecule has 4 aromatic rings. The monoisotopic (exact) mass is 841 g/mol. The van der Waals surface area contributed by atoms with Crippen LogP contribution in [0, 0.1) is 6.92 Å². The van der Waals surface area contributed by atoms with Gasteiger partial charge in [-0.1, -0.05) is 6.07 Å². The molecule has 5 N–H and O–H groups in total. The standard InChI is InChI=1S/C29H27N3O14.5K.5H/c1-15-2-3-17(31(11-24(33)34)12-25(35)36)20(6-15)43-4-5-44-21-9-19-16(7-18(21)32(13-26(37)38)14-27(39)40)8-22(45-19)28-30-10-23(46-28)29(41)42;;;;;;;;;;/h2-3,6-10H,4-5,11-14H2,1H3,(H,33,34)(H,35,36)(H,37,38)(H,39,40)(H,41,42);;;;;;;;;;/q;5*+1;5*-1. The van der Waals surface area contributed by atoms with E-state index in [1.165, 1.54) is 24.3 Å². The Morgan fingerprint density at radius 3 is 1.65 bits per heavy atom. The maximum Gasteiger partial charge on any atom is 1.00 e. The molecule has 2 aromatic carbocycles. The summed E-state index contributed by atoms with van der Waals surface area (Å²) in [5.74, 6) is -6.82. The predicted molar refractivity (Wildman–Crippen MR) is 161 cm³/mol. The molecule has 0 aliphatic heterocycles. The van der Waals surface area contributed by atoms with E-state index < -0.39 is 61.8 Å². The number of aromatic carboxylic acids is 1. The number of ether oxygens (including phenoxy) is 2. The molecule has 51 heavy (non-hydrogen) atoms. The molecule has 22 heteroatoms. The number of hydrogen-bond acceptors (Lipinski definition) is 12. The first-order valence-electron chi connectivity index (χ1n) is 13.3. The first kappa shape index (κ1) is 55.0. The topological polar surface area (TPSA) is 251 Å². The molecule has 0 saturated heterocycles. The summed E-state index contributed by atoms with van der Waals surface area (Å²) in [5, 5.41) is 46.9. The summed E-state index contributed by atoms with van der Waals surface area (Å²) in [6.45, 7) is -1.20. The maximum atomic E-state index is 11.6. The zero-order valence-corrected chi connectivity index (χ0v) is 44.7. The van der Waals surface area contributed by atoms with Crippen molar-refractivity contribution >= 4 is 52.2 Å². The summed E-state index contributed by atoms with van der Waals surface area (Å²) in [6, 6.07) is 9.04. The van der Waals surface area contributed by atoms with E-state index in [9.17, 15) is 44.4 Å². The van der Waals surface area contributed by atoms with Gasteiger partial charge in [0.2, 0.25) is 5.76 Å². The molecule has 0 bridgehead atoms. The average Bonchev–Trinajstić information content (AvgIpc) is 3.61. The maximum absolute atomic E-state index is 11.6. The van der Waals surface area contributed by atoms with E-state index in [-0.39, 0.29) is 317 Å². The molecule has 0 unspecified atom stereocenters. The first-order valence-corrected chi connectivity index (χ1v) is 13.3. The van der Waals surface area contributed by atoms with Gasteiger partial charge in [-0.3, -0.25) is 19.2 Å². The van der Waals surface area contributed by atoms with E-state index in [2.05, 4.69) is 4.98 Å². The van der Waals surface area contributed by atoms with E-state index in [0.717, 1.165) is 21.6 Å². The van der Waals surface area contributed by atoms with E-state index in [1.54, 1.807) is 19.1 Å². The minimum Gasteiger partial charge on any atom is -1.00 e. The van der Waals surface area contributed by atoms with Crippen molar-refractivity contribution in [3.63, 3.8) is 0 Å². The summed E-state index contributed by atoms with van der Waals surface area (Å²) in [7, 11) is 0. The van der Waals surface area contributed by atoms with Gasteiger partial charge in [0.05, 0.1) is 17.6 Å². The second kappa shape index (κ2) is 26.8. The molecule has 0 aliphatic rings. The minimum atomic E-state index is -1.35. The molecule has 252 valence electrons. The third-order valence-corrected chi connectivity index (χ3v) is 6.22. The van der Waals surface area contributed by atoms with E-state index in [4.69, 9.17) is 23.4 Å². The fourth-order valence-electron chi connectivity index (χ4n) is 4.42. The quantitative estimate of drug-likeness (QED) is 0.0489. The number of aromatic nitrogens is 1. The number of carboxylic acid groups (broad SMARTS) is 5. The molecule has 0 radical (unpaired) electrons. The average molecular weight is 842 g/mol. The smallest absolute Gasteiger partial charge is 1.00 e. The second-order valence-corrected chi connectivity index (χ2v) is 9.76. The van der Waals surface area contributed by atoms with Gasteiger partial charge in [0.15, 0.2) is 5.76 Å². The fraction of sp³-hybridized carbons (Fsp3) is 0.241. The van der Waals surface area contributed by atoms with Crippen LogP contribution in [0.15, 0.2) is 51.4 Å². The fourth-order valence-corrected chi connectivity index (χ4v) is 4.42. The van der Waals surface area contributed by atoms with Gasteiger partial charge in [-0.2, -0.15) is 0 Å². The normalized spacial score (nSPS) is 9.75. The number of oxazole rings is 1. The number of anilines is 2.